The van der Waals surface area contributed by atoms with Crippen LogP contribution >= 0.6 is 0 Å². The maximum Gasteiger partial charge on any atom is 0.0492 e. The number of hydrogen-bond acceptors (Lipinski definition) is 1. The molecule has 0 saturated carbocycles. The zero-order valence-corrected chi connectivity index (χ0v) is 7.38. The van der Waals surface area contributed by atoms with Gasteiger partial charge in [0.1, 0.15) is 0 Å². The fraction of sp³-hybridized carbons (Fsp3) is 0.667. The summed E-state index contributed by atoms with van der Waals surface area (Å²) in [4.78, 5) is 0. The number of rotatable bonds is 4. The van der Waals surface area contributed by atoms with E-state index in [0.29, 0.717) is 0 Å². The van der Waals surface area contributed by atoms with Crippen molar-refractivity contribution in [3.8, 4) is 0 Å². The molecule has 0 N–H and O–H groups in total. The van der Waals surface area contributed by atoms with Gasteiger partial charge in [-0.1, -0.05) is 19.8 Å². The maximum absolute atomic E-state index is 4.11. The fourth-order valence-corrected chi connectivity index (χ4v) is 1.20. The molecular formula is C9H16N2. The molecule has 2 nitrogen and oxygen atoms in total. The average molecular weight is 152 g/mol. The third-order valence-electron chi connectivity index (χ3n) is 1.96. The summed E-state index contributed by atoms with van der Waals surface area (Å²) in [6.45, 7) is 2.23. The van der Waals surface area contributed by atoms with E-state index >= 15 is 0 Å². The molecule has 0 aliphatic heterocycles. The third-order valence-corrected chi connectivity index (χ3v) is 1.96. The molecule has 0 spiro atoms. The van der Waals surface area contributed by atoms with E-state index in [1.54, 1.807) is 0 Å². The van der Waals surface area contributed by atoms with E-state index in [2.05, 4.69) is 18.1 Å². The first-order valence-corrected chi connectivity index (χ1v) is 4.31. The predicted octanol–water partition coefficient (Wildman–Crippen LogP) is 2.15. The van der Waals surface area contributed by atoms with Crippen molar-refractivity contribution >= 4 is 0 Å². The number of hydrogen-bond donors (Lipinski definition) is 0. The highest BCUT2D eigenvalue weighted by molar-refractivity contribution is 4.99. The van der Waals surface area contributed by atoms with Gasteiger partial charge in [0.25, 0.3) is 0 Å². The molecule has 1 aromatic heterocycles. The summed E-state index contributed by atoms with van der Waals surface area (Å²) in [5.41, 5.74) is 1.35. The number of aryl methyl sites for hydroxylation is 2. The van der Waals surface area contributed by atoms with Gasteiger partial charge in [-0.3, -0.25) is 4.68 Å². The molecule has 0 aliphatic carbocycles. The lowest BCUT2D eigenvalue weighted by atomic mass is 10.1. The van der Waals surface area contributed by atoms with E-state index < -0.39 is 0 Å². The number of nitrogens with zero attached hydrogens (tertiary/aromatic N) is 2. The van der Waals surface area contributed by atoms with Crippen molar-refractivity contribution in [3.05, 3.63) is 18.0 Å². The Balaban J connectivity index is 2.32. The highest BCUT2D eigenvalue weighted by atomic mass is 15.2. The van der Waals surface area contributed by atoms with Gasteiger partial charge in [0.15, 0.2) is 0 Å². The van der Waals surface area contributed by atoms with Gasteiger partial charge < -0.3 is 0 Å². The van der Waals surface area contributed by atoms with Crippen molar-refractivity contribution in [3.63, 3.8) is 0 Å². The van der Waals surface area contributed by atoms with Gasteiger partial charge in [0.2, 0.25) is 0 Å². The second-order valence-corrected chi connectivity index (χ2v) is 2.90. The predicted molar refractivity (Wildman–Crippen MR) is 46.4 cm³/mol. The molecule has 2 heteroatoms. The minimum absolute atomic E-state index is 1.17. The van der Waals surface area contributed by atoms with Crippen LogP contribution in [0, 0.1) is 0 Å². The summed E-state index contributed by atoms with van der Waals surface area (Å²) in [6.07, 6.45) is 6.94. The summed E-state index contributed by atoms with van der Waals surface area (Å²) in [6, 6.07) is 2.09. The minimum atomic E-state index is 1.17. The Kier molecular flexibility index (Phi) is 3.14. The average Bonchev–Trinajstić information content (AvgIpc) is 2.37. The molecule has 0 saturated heterocycles. The summed E-state index contributed by atoms with van der Waals surface area (Å²) in [5.74, 6) is 0. The zero-order chi connectivity index (χ0) is 8.10. The zero-order valence-electron chi connectivity index (χ0n) is 7.38. The van der Waals surface area contributed by atoms with Gasteiger partial charge in [-0.15, -0.1) is 0 Å². The molecule has 0 unspecified atom stereocenters. The van der Waals surface area contributed by atoms with Gasteiger partial charge in [-0.05, 0) is 18.9 Å². The van der Waals surface area contributed by atoms with Crippen molar-refractivity contribution in [2.45, 2.75) is 32.6 Å². The lowest BCUT2D eigenvalue weighted by Crippen LogP contribution is -1.97. The van der Waals surface area contributed by atoms with Crippen molar-refractivity contribution in [1.29, 1.82) is 0 Å². The van der Waals surface area contributed by atoms with Crippen LogP contribution in [-0.2, 0) is 13.5 Å². The molecule has 62 valence electrons. The summed E-state index contributed by atoms with van der Waals surface area (Å²) in [7, 11) is 2.00. The smallest absolute Gasteiger partial charge is 0.0492 e. The molecule has 1 rings (SSSR count). The molecule has 1 heterocycles. The van der Waals surface area contributed by atoms with Crippen molar-refractivity contribution in [1.82, 2.24) is 9.78 Å². The highest BCUT2D eigenvalue weighted by Crippen LogP contribution is 2.04. The van der Waals surface area contributed by atoms with E-state index in [0.717, 1.165) is 0 Å². The first-order valence-electron chi connectivity index (χ1n) is 4.31. The molecule has 0 fully saturated rings. The van der Waals surface area contributed by atoms with Crippen LogP contribution in [0.1, 0.15) is 31.9 Å². The molecule has 0 atom stereocenters. The molecular weight excluding hydrogens is 136 g/mol. The topological polar surface area (TPSA) is 17.8 Å². The molecule has 0 radical (unpaired) electrons. The normalized spacial score (nSPS) is 10.4. The Bertz CT molecular complexity index is 203. The van der Waals surface area contributed by atoms with Crippen LogP contribution in [0.25, 0.3) is 0 Å². The van der Waals surface area contributed by atoms with Crippen LogP contribution < -0.4 is 0 Å². The summed E-state index contributed by atoms with van der Waals surface area (Å²) in [5, 5.41) is 4.11. The lowest BCUT2D eigenvalue weighted by Gasteiger charge is -1.99. The Labute approximate surface area is 68.2 Å². The Morgan fingerprint density at radius 3 is 2.82 bits per heavy atom. The second-order valence-electron chi connectivity index (χ2n) is 2.90. The van der Waals surface area contributed by atoms with E-state index in [1.165, 1.54) is 31.4 Å². The number of aromatic nitrogens is 2. The van der Waals surface area contributed by atoms with Crippen molar-refractivity contribution in [2.75, 3.05) is 0 Å². The molecule has 1 aromatic rings. The lowest BCUT2D eigenvalue weighted by molar-refractivity contribution is 0.653. The van der Waals surface area contributed by atoms with Gasteiger partial charge in [0, 0.05) is 18.9 Å². The van der Waals surface area contributed by atoms with Crippen LogP contribution in [0.4, 0.5) is 0 Å². The van der Waals surface area contributed by atoms with Crippen LogP contribution in [0.5, 0.6) is 0 Å². The molecule has 0 bridgehead atoms. The SMILES string of the molecule is CCCCCc1ccnn1C. The standard InChI is InChI=1S/C9H16N2/c1-3-4-5-6-9-7-8-10-11(9)2/h7-8H,3-6H2,1-2H3. The Hall–Kier alpha value is -0.790. The summed E-state index contributed by atoms with van der Waals surface area (Å²) < 4.78 is 1.95. The van der Waals surface area contributed by atoms with Gasteiger partial charge in [0.05, 0.1) is 0 Å². The minimum Gasteiger partial charge on any atom is -0.273 e. The maximum atomic E-state index is 4.11. The first-order chi connectivity index (χ1) is 5.34. The monoisotopic (exact) mass is 152 g/mol. The van der Waals surface area contributed by atoms with Crippen molar-refractivity contribution < 1.29 is 0 Å². The molecule has 0 aliphatic rings. The van der Waals surface area contributed by atoms with Crippen LogP contribution in [0.3, 0.4) is 0 Å². The van der Waals surface area contributed by atoms with Gasteiger partial charge >= 0.3 is 0 Å². The number of unbranched alkanes of at least 4 members (excludes halogenated alkanes) is 2. The van der Waals surface area contributed by atoms with Crippen LogP contribution in [-0.4, -0.2) is 9.78 Å². The van der Waals surface area contributed by atoms with Gasteiger partial charge in [-0.2, -0.15) is 5.10 Å². The largest absolute Gasteiger partial charge is 0.273 e. The molecule has 0 aromatic carbocycles. The first kappa shape index (κ1) is 8.31. The molecule has 0 amide bonds. The van der Waals surface area contributed by atoms with Crippen LogP contribution in [0.15, 0.2) is 12.3 Å². The third kappa shape index (κ3) is 2.37. The van der Waals surface area contributed by atoms with Gasteiger partial charge in [-0.25, -0.2) is 0 Å². The Morgan fingerprint density at radius 1 is 1.45 bits per heavy atom. The van der Waals surface area contributed by atoms with E-state index in [1.807, 2.05) is 17.9 Å². The van der Waals surface area contributed by atoms with E-state index in [-0.39, 0.29) is 0 Å². The highest BCUT2D eigenvalue weighted by Gasteiger charge is 1.96. The fourth-order valence-electron chi connectivity index (χ4n) is 1.20. The van der Waals surface area contributed by atoms with E-state index in [4.69, 9.17) is 0 Å². The van der Waals surface area contributed by atoms with Crippen molar-refractivity contribution in [2.24, 2.45) is 7.05 Å². The quantitative estimate of drug-likeness (QED) is 0.604. The molecule has 11 heavy (non-hydrogen) atoms. The summed E-state index contributed by atoms with van der Waals surface area (Å²) >= 11 is 0. The van der Waals surface area contributed by atoms with E-state index in [9.17, 15) is 0 Å². The Morgan fingerprint density at radius 2 is 2.27 bits per heavy atom. The second kappa shape index (κ2) is 4.16. The van der Waals surface area contributed by atoms with Crippen LogP contribution in [0.2, 0.25) is 0 Å².